The van der Waals surface area contributed by atoms with E-state index in [0.29, 0.717) is 0 Å². The number of allylic oxidation sites excluding steroid dienone is 2. The molecule has 0 radical (unpaired) electrons. The van der Waals surface area contributed by atoms with Gasteiger partial charge in [0, 0.05) is 11.8 Å². The largest absolute Gasteiger partial charge is 0.353 e. The summed E-state index contributed by atoms with van der Waals surface area (Å²) in [5, 5.41) is 0. The minimum Gasteiger partial charge on any atom is -0.353 e. The number of hydrogen-bond acceptors (Lipinski definition) is 2. The van der Waals surface area contributed by atoms with Crippen molar-refractivity contribution < 1.29 is 4.79 Å². The molecule has 2 aliphatic heterocycles. The van der Waals surface area contributed by atoms with Crippen LogP contribution in [0.2, 0.25) is 0 Å². The summed E-state index contributed by atoms with van der Waals surface area (Å²) >= 11 is 0. The summed E-state index contributed by atoms with van der Waals surface area (Å²) in [5.74, 6) is 0.158. The first-order chi connectivity index (χ1) is 10.4. The number of carbonyl (C=O) groups excluding carboxylic acids is 1. The van der Waals surface area contributed by atoms with E-state index in [1.165, 1.54) is 5.56 Å². The molecule has 2 heterocycles. The molecular weight excluding hydrogens is 258 g/mol. The van der Waals surface area contributed by atoms with E-state index in [1.807, 2.05) is 60.8 Å². The van der Waals surface area contributed by atoms with Crippen LogP contribution in [0, 0.1) is 0 Å². The van der Waals surface area contributed by atoms with Gasteiger partial charge in [0.25, 0.3) is 0 Å². The second kappa shape index (κ2) is 4.74. The van der Waals surface area contributed by atoms with E-state index in [1.54, 1.807) is 0 Å². The first kappa shape index (κ1) is 12.2. The number of Topliss-reactive ketones (excluding diaryl/α,β-unsaturated/α-hetero) is 1. The zero-order valence-electron chi connectivity index (χ0n) is 11.5. The van der Waals surface area contributed by atoms with Gasteiger partial charge >= 0.3 is 0 Å². The molecule has 4 rings (SSSR count). The van der Waals surface area contributed by atoms with Gasteiger partial charge in [-0.2, -0.15) is 0 Å². The number of fused-ring (bicyclic) bond motifs is 3. The smallest absolute Gasteiger partial charge is 0.189 e. The molecule has 0 spiro atoms. The fourth-order valence-electron chi connectivity index (χ4n) is 3.25. The molecule has 2 aliphatic rings. The first-order valence-corrected chi connectivity index (χ1v) is 7.17. The van der Waals surface area contributed by atoms with Crippen LogP contribution in [0.25, 0.3) is 0 Å². The highest BCUT2D eigenvalue weighted by atomic mass is 16.1. The van der Waals surface area contributed by atoms with Gasteiger partial charge in [-0.15, -0.1) is 0 Å². The predicted molar refractivity (Wildman–Crippen MR) is 82.8 cm³/mol. The maximum absolute atomic E-state index is 13.0. The third kappa shape index (κ3) is 1.83. The van der Waals surface area contributed by atoms with Crippen LogP contribution in [0.15, 0.2) is 79.0 Å². The Kier molecular flexibility index (Phi) is 2.74. The average molecular weight is 273 g/mol. The molecule has 2 nitrogen and oxygen atoms in total. The van der Waals surface area contributed by atoms with Crippen LogP contribution in [0.5, 0.6) is 0 Å². The third-order valence-electron chi connectivity index (χ3n) is 4.20. The molecule has 2 aromatic carbocycles. The molecule has 0 saturated carbocycles. The van der Waals surface area contributed by atoms with E-state index >= 15 is 0 Å². The Balaban J connectivity index is 1.83. The lowest BCUT2D eigenvalue weighted by Crippen LogP contribution is -2.27. The monoisotopic (exact) mass is 273 g/mol. The van der Waals surface area contributed by atoms with Gasteiger partial charge < -0.3 is 4.90 Å². The van der Waals surface area contributed by atoms with Crippen molar-refractivity contribution in [3.8, 4) is 0 Å². The van der Waals surface area contributed by atoms with Crippen molar-refractivity contribution in [3.05, 3.63) is 95.7 Å². The van der Waals surface area contributed by atoms with Gasteiger partial charge in [0.1, 0.15) is 6.04 Å². The zero-order valence-corrected chi connectivity index (χ0v) is 11.5. The Morgan fingerprint density at radius 2 is 1.57 bits per heavy atom. The lowest BCUT2D eigenvalue weighted by Gasteiger charge is -2.28. The molecule has 2 aromatic rings. The lowest BCUT2D eigenvalue weighted by atomic mass is 9.96. The summed E-state index contributed by atoms with van der Waals surface area (Å²) in [6, 6.07) is 17.7. The summed E-state index contributed by atoms with van der Waals surface area (Å²) < 4.78 is 0. The van der Waals surface area contributed by atoms with Crippen LogP contribution >= 0.6 is 0 Å². The van der Waals surface area contributed by atoms with Crippen LogP contribution in [-0.4, -0.2) is 10.7 Å². The Morgan fingerprint density at radius 1 is 0.857 bits per heavy atom. The number of hydrogen-bond donors (Lipinski definition) is 0. The van der Waals surface area contributed by atoms with Crippen molar-refractivity contribution in [1.29, 1.82) is 0 Å². The summed E-state index contributed by atoms with van der Waals surface area (Å²) in [4.78, 5) is 15.1. The molecule has 0 bridgehead atoms. The van der Waals surface area contributed by atoms with E-state index in [9.17, 15) is 4.79 Å². The zero-order chi connectivity index (χ0) is 14.2. The molecule has 2 heteroatoms. The third-order valence-corrected chi connectivity index (χ3v) is 4.20. The summed E-state index contributed by atoms with van der Waals surface area (Å²) in [7, 11) is 0. The van der Waals surface area contributed by atoms with Crippen molar-refractivity contribution in [2.75, 3.05) is 0 Å². The molecule has 0 aromatic heterocycles. The Morgan fingerprint density at radius 3 is 2.38 bits per heavy atom. The minimum absolute atomic E-state index is 0.158. The number of carbonyl (C=O) groups is 1. The normalized spacial score (nSPS) is 22.0. The SMILES string of the molecule is O=C(c1ccccc1)C1c2ccccc2C2C=CC=CN21. The highest BCUT2D eigenvalue weighted by molar-refractivity contribution is 6.01. The fraction of sp³-hybridized carbons (Fsp3) is 0.105. The number of rotatable bonds is 2. The van der Waals surface area contributed by atoms with E-state index in [4.69, 9.17) is 0 Å². The summed E-state index contributed by atoms with van der Waals surface area (Å²) in [5.41, 5.74) is 3.11. The van der Waals surface area contributed by atoms with Crippen molar-refractivity contribution in [2.24, 2.45) is 0 Å². The highest BCUT2D eigenvalue weighted by Crippen LogP contribution is 2.45. The molecule has 2 atom stereocenters. The standard InChI is InChI=1S/C19H15NO/c21-19(14-8-2-1-3-9-14)18-16-11-5-4-10-15(16)17-12-6-7-13-20(17)18/h1-13,17-18H. The van der Waals surface area contributed by atoms with Crippen molar-refractivity contribution >= 4 is 5.78 Å². The van der Waals surface area contributed by atoms with E-state index in [-0.39, 0.29) is 17.9 Å². The average Bonchev–Trinajstić information content (AvgIpc) is 2.90. The summed E-state index contributed by atoms with van der Waals surface area (Å²) in [6.07, 6.45) is 8.22. The van der Waals surface area contributed by atoms with Gasteiger partial charge in [0.2, 0.25) is 0 Å². The molecule has 2 unspecified atom stereocenters. The Bertz CT molecular complexity index is 745. The first-order valence-electron chi connectivity index (χ1n) is 7.17. The van der Waals surface area contributed by atoms with Crippen LogP contribution in [0.1, 0.15) is 33.6 Å². The van der Waals surface area contributed by atoms with Crippen molar-refractivity contribution in [2.45, 2.75) is 12.1 Å². The van der Waals surface area contributed by atoms with Gasteiger partial charge in [-0.1, -0.05) is 66.7 Å². The second-order valence-electron chi connectivity index (χ2n) is 5.38. The van der Waals surface area contributed by atoms with Gasteiger partial charge in [-0.3, -0.25) is 4.79 Å². The van der Waals surface area contributed by atoms with Gasteiger partial charge in [0.15, 0.2) is 5.78 Å². The van der Waals surface area contributed by atoms with Gasteiger partial charge in [-0.25, -0.2) is 0 Å². The minimum atomic E-state index is -0.227. The topological polar surface area (TPSA) is 20.3 Å². The second-order valence-corrected chi connectivity index (χ2v) is 5.38. The molecule has 0 amide bonds. The lowest BCUT2D eigenvalue weighted by molar-refractivity contribution is 0.0871. The van der Waals surface area contributed by atoms with Crippen molar-refractivity contribution in [3.63, 3.8) is 0 Å². The molecular formula is C19H15NO. The number of benzene rings is 2. The van der Waals surface area contributed by atoms with Gasteiger partial charge in [0.05, 0.1) is 6.04 Å². The van der Waals surface area contributed by atoms with Crippen LogP contribution < -0.4 is 0 Å². The van der Waals surface area contributed by atoms with E-state index < -0.39 is 0 Å². The van der Waals surface area contributed by atoms with E-state index in [2.05, 4.69) is 23.1 Å². The molecule has 21 heavy (non-hydrogen) atoms. The van der Waals surface area contributed by atoms with Crippen LogP contribution in [0.3, 0.4) is 0 Å². The molecule has 0 saturated heterocycles. The maximum atomic E-state index is 13.0. The maximum Gasteiger partial charge on any atom is 0.189 e. The van der Waals surface area contributed by atoms with E-state index in [0.717, 1.165) is 11.1 Å². The Labute approximate surface area is 124 Å². The molecule has 0 fully saturated rings. The van der Waals surface area contributed by atoms with Crippen LogP contribution in [-0.2, 0) is 0 Å². The molecule has 0 N–H and O–H groups in total. The van der Waals surface area contributed by atoms with Gasteiger partial charge in [-0.05, 0) is 17.2 Å². The fourth-order valence-corrected chi connectivity index (χ4v) is 3.25. The molecule has 0 aliphatic carbocycles. The number of nitrogens with zero attached hydrogens (tertiary/aromatic N) is 1. The van der Waals surface area contributed by atoms with Crippen molar-refractivity contribution in [1.82, 2.24) is 4.90 Å². The molecule has 102 valence electrons. The highest BCUT2D eigenvalue weighted by Gasteiger charge is 2.39. The Hall–Kier alpha value is -2.61. The van der Waals surface area contributed by atoms with Crippen LogP contribution in [0.4, 0.5) is 0 Å². The predicted octanol–water partition coefficient (Wildman–Crippen LogP) is 4.05. The number of ketones is 1. The summed E-state index contributed by atoms with van der Waals surface area (Å²) in [6.45, 7) is 0. The quantitative estimate of drug-likeness (QED) is 0.769.